The van der Waals surface area contributed by atoms with Gasteiger partial charge in [-0.3, -0.25) is 4.79 Å². The number of carbonyl (C=O) groups excluding carboxylic acids is 1. The van der Waals surface area contributed by atoms with Gasteiger partial charge in [0.25, 0.3) is 0 Å². The largest absolute Gasteiger partial charge is 0.497 e. The fourth-order valence-electron chi connectivity index (χ4n) is 2.02. The standard InChI is InChI=1S/C12H15BO5/c1-3-17-12(14)7-11-9-5-4-8(16-2)6-10(9)13(15)18-11/h4-6,11,15H,3,7H2,1-2H3. The van der Waals surface area contributed by atoms with E-state index in [0.717, 1.165) is 5.56 Å². The normalized spacial score (nSPS) is 17.5. The summed E-state index contributed by atoms with van der Waals surface area (Å²) in [7, 11) is 0.537. The third kappa shape index (κ3) is 2.49. The van der Waals surface area contributed by atoms with E-state index in [1.807, 2.05) is 0 Å². The Balaban J connectivity index is 2.17. The molecule has 0 amide bonds. The van der Waals surface area contributed by atoms with Crippen molar-refractivity contribution in [3.05, 3.63) is 23.8 Å². The van der Waals surface area contributed by atoms with Crippen molar-refractivity contribution < 1.29 is 23.9 Å². The van der Waals surface area contributed by atoms with Gasteiger partial charge in [0.1, 0.15) is 5.75 Å². The summed E-state index contributed by atoms with van der Waals surface area (Å²) in [5.74, 6) is 0.312. The van der Waals surface area contributed by atoms with Gasteiger partial charge in [-0.2, -0.15) is 0 Å². The zero-order chi connectivity index (χ0) is 13.1. The molecule has 0 spiro atoms. The number of hydrogen-bond donors (Lipinski definition) is 1. The van der Waals surface area contributed by atoms with Gasteiger partial charge in [0.05, 0.1) is 26.2 Å². The smallest absolute Gasteiger partial charge is 0.492 e. The summed E-state index contributed by atoms with van der Waals surface area (Å²) >= 11 is 0. The zero-order valence-corrected chi connectivity index (χ0v) is 10.4. The Kier molecular flexibility index (Phi) is 3.89. The number of esters is 1. The average Bonchev–Trinajstić information content (AvgIpc) is 2.66. The molecule has 1 heterocycles. The molecule has 2 rings (SSSR count). The molecular formula is C12H15BO5. The lowest BCUT2D eigenvalue weighted by molar-refractivity contribution is -0.145. The SMILES string of the molecule is CCOC(=O)CC1OB(O)c2cc(OC)ccc21. The Morgan fingerprint density at radius 1 is 1.56 bits per heavy atom. The maximum atomic E-state index is 11.4. The first-order valence-electron chi connectivity index (χ1n) is 5.82. The number of carbonyl (C=O) groups is 1. The van der Waals surface area contributed by atoms with Gasteiger partial charge in [-0.1, -0.05) is 6.07 Å². The Hall–Kier alpha value is -1.53. The Labute approximate surface area is 106 Å². The number of methoxy groups -OCH3 is 1. The van der Waals surface area contributed by atoms with E-state index in [0.29, 0.717) is 17.8 Å². The molecular weight excluding hydrogens is 235 g/mol. The molecule has 5 nitrogen and oxygen atoms in total. The van der Waals surface area contributed by atoms with E-state index < -0.39 is 13.2 Å². The molecule has 96 valence electrons. The first-order valence-corrected chi connectivity index (χ1v) is 5.82. The molecule has 0 saturated carbocycles. The summed E-state index contributed by atoms with van der Waals surface area (Å²) in [6, 6.07) is 5.29. The van der Waals surface area contributed by atoms with Crippen LogP contribution in [0, 0.1) is 0 Å². The lowest BCUT2D eigenvalue weighted by atomic mass is 9.79. The summed E-state index contributed by atoms with van der Waals surface area (Å²) in [6.07, 6.45) is -0.357. The van der Waals surface area contributed by atoms with Crippen molar-refractivity contribution in [2.75, 3.05) is 13.7 Å². The van der Waals surface area contributed by atoms with Crippen molar-refractivity contribution in [3.8, 4) is 5.75 Å². The van der Waals surface area contributed by atoms with Gasteiger partial charge < -0.3 is 19.2 Å². The highest BCUT2D eigenvalue weighted by atomic mass is 16.5. The minimum Gasteiger partial charge on any atom is -0.497 e. The highest BCUT2D eigenvalue weighted by Gasteiger charge is 2.36. The van der Waals surface area contributed by atoms with E-state index in [1.165, 1.54) is 0 Å². The van der Waals surface area contributed by atoms with Gasteiger partial charge in [0, 0.05) is 0 Å². The van der Waals surface area contributed by atoms with Crippen LogP contribution in [-0.4, -0.2) is 31.8 Å². The van der Waals surface area contributed by atoms with Crippen LogP contribution in [0.15, 0.2) is 18.2 Å². The maximum Gasteiger partial charge on any atom is 0.492 e. The van der Waals surface area contributed by atoms with E-state index in [1.54, 1.807) is 32.2 Å². The molecule has 0 radical (unpaired) electrons. The van der Waals surface area contributed by atoms with Crippen molar-refractivity contribution in [1.29, 1.82) is 0 Å². The monoisotopic (exact) mass is 250 g/mol. The third-order valence-corrected chi connectivity index (χ3v) is 2.86. The van der Waals surface area contributed by atoms with Crippen LogP contribution in [0.4, 0.5) is 0 Å². The second kappa shape index (κ2) is 5.41. The van der Waals surface area contributed by atoms with Gasteiger partial charge in [-0.15, -0.1) is 0 Å². The highest BCUT2D eigenvalue weighted by Crippen LogP contribution is 2.28. The van der Waals surface area contributed by atoms with Crippen LogP contribution in [0.3, 0.4) is 0 Å². The molecule has 18 heavy (non-hydrogen) atoms. The fourth-order valence-corrected chi connectivity index (χ4v) is 2.02. The summed E-state index contributed by atoms with van der Waals surface area (Å²) in [4.78, 5) is 11.4. The van der Waals surface area contributed by atoms with Crippen LogP contribution in [0.25, 0.3) is 0 Å². The van der Waals surface area contributed by atoms with Crippen molar-refractivity contribution >= 4 is 18.6 Å². The molecule has 1 aliphatic heterocycles. The molecule has 1 aliphatic rings. The molecule has 1 N–H and O–H groups in total. The van der Waals surface area contributed by atoms with Crippen LogP contribution in [-0.2, 0) is 14.2 Å². The van der Waals surface area contributed by atoms with Gasteiger partial charge >= 0.3 is 13.1 Å². The lowest BCUT2D eigenvalue weighted by Crippen LogP contribution is -2.28. The van der Waals surface area contributed by atoms with Crippen molar-refractivity contribution in [2.24, 2.45) is 0 Å². The first kappa shape index (κ1) is 12.9. The molecule has 0 aliphatic carbocycles. The second-order valence-corrected chi connectivity index (χ2v) is 3.98. The van der Waals surface area contributed by atoms with Crippen LogP contribution < -0.4 is 10.2 Å². The number of ether oxygens (including phenoxy) is 2. The predicted octanol–water partition coefficient (Wildman–Crippen LogP) is 0.407. The molecule has 0 aromatic heterocycles. The fraction of sp³-hybridized carbons (Fsp3) is 0.417. The van der Waals surface area contributed by atoms with E-state index in [4.69, 9.17) is 14.1 Å². The van der Waals surface area contributed by atoms with E-state index in [-0.39, 0.29) is 12.4 Å². The molecule has 1 aromatic carbocycles. The van der Waals surface area contributed by atoms with Gasteiger partial charge in [0.15, 0.2) is 0 Å². The van der Waals surface area contributed by atoms with Crippen molar-refractivity contribution in [1.82, 2.24) is 0 Å². The summed E-state index contributed by atoms with van der Waals surface area (Å²) < 4.78 is 15.3. The van der Waals surface area contributed by atoms with Crippen LogP contribution in [0.5, 0.6) is 5.75 Å². The number of rotatable bonds is 4. The Morgan fingerprint density at radius 3 is 3.00 bits per heavy atom. The number of fused-ring (bicyclic) bond motifs is 1. The first-order chi connectivity index (χ1) is 8.65. The van der Waals surface area contributed by atoms with E-state index in [9.17, 15) is 9.82 Å². The maximum absolute atomic E-state index is 11.4. The summed E-state index contributed by atoms with van der Waals surface area (Å²) in [5.41, 5.74) is 1.44. The number of hydrogen-bond acceptors (Lipinski definition) is 5. The molecule has 1 unspecified atom stereocenters. The minimum absolute atomic E-state index is 0.101. The highest BCUT2D eigenvalue weighted by molar-refractivity contribution is 6.61. The van der Waals surface area contributed by atoms with E-state index >= 15 is 0 Å². The average molecular weight is 250 g/mol. The summed E-state index contributed by atoms with van der Waals surface area (Å²) in [5, 5.41) is 9.78. The quantitative estimate of drug-likeness (QED) is 0.619. The molecule has 1 atom stereocenters. The molecule has 1 aromatic rings. The van der Waals surface area contributed by atoms with Crippen molar-refractivity contribution in [2.45, 2.75) is 19.4 Å². The minimum atomic E-state index is -1.02. The zero-order valence-electron chi connectivity index (χ0n) is 10.4. The summed E-state index contributed by atoms with van der Waals surface area (Å²) in [6.45, 7) is 2.09. The predicted molar refractivity (Wildman–Crippen MR) is 65.7 cm³/mol. The Morgan fingerprint density at radius 2 is 2.33 bits per heavy atom. The van der Waals surface area contributed by atoms with Gasteiger partial charge in [-0.05, 0) is 30.1 Å². The molecule has 0 saturated heterocycles. The van der Waals surface area contributed by atoms with Crippen LogP contribution >= 0.6 is 0 Å². The molecule has 6 heteroatoms. The Bertz CT molecular complexity index is 448. The third-order valence-electron chi connectivity index (χ3n) is 2.86. The van der Waals surface area contributed by atoms with Crippen LogP contribution in [0.2, 0.25) is 0 Å². The molecule has 0 fully saturated rings. The lowest BCUT2D eigenvalue weighted by Gasteiger charge is -2.11. The van der Waals surface area contributed by atoms with Crippen LogP contribution in [0.1, 0.15) is 25.0 Å². The van der Waals surface area contributed by atoms with Gasteiger partial charge in [0.2, 0.25) is 0 Å². The van der Waals surface area contributed by atoms with E-state index in [2.05, 4.69) is 0 Å². The van der Waals surface area contributed by atoms with Crippen molar-refractivity contribution in [3.63, 3.8) is 0 Å². The second-order valence-electron chi connectivity index (χ2n) is 3.98. The topological polar surface area (TPSA) is 65.0 Å². The number of benzene rings is 1. The molecule has 0 bridgehead atoms. The van der Waals surface area contributed by atoms with Gasteiger partial charge in [-0.25, -0.2) is 0 Å².